The molecule has 4 rings (SSSR count). The third-order valence-corrected chi connectivity index (χ3v) is 5.05. The fraction of sp³-hybridized carbons (Fsp3) is 0.333. The molecule has 6 heteroatoms. The maximum Gasteiger partial charge on any atom is 0.306 e. The number of rotatable bonds is 8. The Morgan fingerprint density at radius 2 is 2.00 bits per heavy atom. The van der Waals surface area contributed by atoms with Crippen LogP contribution in [0, 0.1) is 6.92 Å². The average molecular weight is 402 g/mol. The Labute approximate surface area is 176 Å². The Kier molecular flexibility index (Phi) is 6.02. The van der Waals surface area contributed by atoms with Crippen molar-refractivity contribution in [2.75, 3.05) is 11.9 Å². The summed E-state index contributed by atoms with van der Waals surface area (Å²) in [4.78, 5) is 25.1. The topological polar surface area (TPSA) is 77.0 Å². The number of aromatic nitrogens is 3. The number of carbonyl (C=O) groups is 1. The van der Waals surface area contributed by atoms with Gasteiger partial charge in [-0.05, 0) is 62.1 Å². The van der Waals surface area contributed by atoms with Gasteiger partial charge in [0.1, 0.15) is 0 Å². The molecule has 2 aromatic heterocycles. The lowest BCUT2D eigenvalue weighted by molar-refractivity contribution is -0.143. The Morgan fingerprint density at radius 1 is 1.13 bits per heavy atom. The van der Waals surface area contributed by atoms with E-state index in [4.69, 9.17) is 4.74 Å². The number of anilines is 2. The molecule has 2 heterocycles. The van der Waals surface area contributed by atoms with E-state index in [1.165, 1.54) is 12.8 Å². The first kappa shape index (κ1) is 20.0. The van der Waals surface area contributed by atoms with Gasteiger partial charge in [0.25, 0.3) is 0 Å². The molecule has 6 nitrogen and oxygen atoms in total. The van der Waals surface area contributed by atoms with Crippen LogP contribution in [0.3, 0.4) is 0 Å². The molecule has 30 heavy (non-hydrogen) atoms. The molecule has 0 saturated heterocycles. The highest BCUT2D eigenvalue weighted by Crippen LogP contribution is 2.39. The second-order valence-corrected chi connectivity index (χ2v) is 7.64. The van der Waals surface area contributed by atoms with Crippen LogP contribution in [0.4, 0.5) is 11.6 Å². The van der Waals surface area contributed by atoms with Crippen molar-refractivity contribution in [2.45, 2.75) is 45.4 Å². The van der Waals surface area contributed by atoms with Crippen molar-refractivity contribution in [1.82, 2.24) is 15.0 Å². The Morgan fingerprint density at radius 3 is 2.73 bits per heavy atom. The van der Waals surface area contributed by atoms with E-state index in [1.807, 2.05) is 37.5 Å². The maximum absolute atomic E-state index is 11.5. The minimum atomic E-state index is -0.189. The Balaban J connectivity index is 1.47. The molecule has 1 fully saturated rings. The van der Waals surface area contributed by atoms with E-state index >= 15 is 0 Å². The molecular weight excluding hydrogens is 376 g/mol. The summed E-state index contributed by atoms with van der Waals surface area (Å²) in [5.41, 5.74) is 6.17. The van der Waals surface area contributed by atoms with E-state index in [9.17, 15) is 4.79 Å². The van der Waals surface area contributed by atoms with Gasteiger partial charge in [-0.3, -0.25) is 9.78 Å². The quantitative estimate of drug-likeness (QED) is 0.537. The van der Waals surface area contributed by atoms with Crippen LogP contribution in [-0.2, 0) is 16.0 Å². The van der Waals surface area contributed by atoms with Gasteiger partial charge in [0, 0.05) is 47.4 Å². The average Bonchev–Trinajstić information content (AvgIpc) is 3.58. The molecule has 1 aliphatic carbocycles. The number of hydrogen-bond donors (Lipinski definition) is 1. The molecular formula is C24H26N4O2. The molecule has 0 bridgehead atoms. The van der Waals surface area contributed by atoms with E-state index in [1.54, 1.807) is 0 Å². The van der Waals surface area contributed by atoms with Crippen molar-refractivity contribution in [3.8, 4) is 11.1 Å². The molecule has 1 aliphatic rings. The fourth-order valence-electron chi connectivity index (χ4n) is 3.40. The van der Waals surface area contributed by atoms with Crippen molar-refractivity contribution < 1.29 is 9.53 Å². The lowest BCUT2D eigenvalue weighted by atomic mass is 10.0. The molecule has 0 amide bonds. The van der Waals surface area contributed by atoms with Crippen LogP contribution in [0.2, 0.25) is 0 Å². The summed E-state index contributed by atoms with van der Waals surface area (Å²) in [6.45, 7) is 4.29. The standard InChI is InChI=1S/C24H26N4O2/c1-3-30-23(29)9-8-20-7-6-18(15-26-20)19-12-16(2)13-21(14-19)27-24-25-11-10-22(28-24)17-4-5-17/h6-7,10-15,17H,3-5,8-9H2,1-2H3,(H,25,27,28). The third-order valence-electron chi connectivity index (χ3n) is 5.05. The van der Waals surface area contributed by atoms with Gasteiger partial charge in [-0.2, -0.15) is 0 Å². The van der Waals surface area contributed by atoms with Crippen LogP contribution < -0.4 is 5.32 Å². The number of aryl methyl sites for hydroxylation is 2. The molecule has 1 aromatic carbocycles. The minimum Gasteiger partial charge on any atom is -0.466 e. The van der Waals surface area contributed by atoms with E-state index in [0.717, 1.165) is 33.8 Å². The summed E-state index contributed by atoms with van der Waals surface area (Å²) in [6, 6.07) is 12.3. The number of nitrogens with one attached hydrogen (secondary N) is 1. The van der Waals surface area contributed by atoms with E-state index in [-0.39, 0.29) is 5.97 Å². The van der Waals surface area contributed by atoms with E-state index in [0.29, 0.717) is 31.3 Å². The molecule has 0 radical (unpaired) electrons. The van der Waals surface area contributed by atoms with Gasteiger partial charge in [-0.15, -0.1) is 0 Å². The first-order chi connectivity index (χ1) is 14.6. The number of benzene rings is 1. The van der Waals surface area contributed by atoms with Crippen LogP contribution in [0.25, 0.3) is 11.1 Å². The van der Waals surface area contributed by atoms with Crippen LogP contribution in [-0.4, -0.2) is 27.5 Å². The van der Waals surface area contributed by atoms with Crippen LogP contribution >= 0.6 is 0 Å². The normalized spacial score (nSPS) is 13.1. The van der Waals surface area contributed by atoms with Gasteiger partial charge in [0.15, 0.2) is 0 Å². The van der Waals surface area contributed by atoms with Gasteiger partial charge in [-0.25, -0.2) is 9.97 Å². The maximum atomic E-state index is 11.5. The van der Waals surface area contributed by atoms with Gasteiger partial charge >= 0.3 is 5.97 Å². The highest BCUT2D eigenvalue weighted by molar-refractivity contribution is 5.71. The monoisotopic (exact) mass is 402 g/mol. The molecule has 0 spiro atoms. The van der Waals surface area contributed by atoms with Crippen LogP contribution in [0.15, 0.2) is 48.8 Å². The summed E-state index contributed by atoms with van der Waals surface area (Å²) in [5, 5.41) is 3.34. The SMILES string of the molecule is CCOC(=O)CCc1ccc(-c2cc(C)cc(Nc3nccc(C4CC4)n3)c2)cn1. The number of pyridine rings is 1. The predicted octanol–water partition coefficient (Wildman–Crippen LogP) is 4.96. The summed E-state index contributed by atoms with van der Waals surface area (Å²) in [7, 11) is 0. The van der Waals surface area contributed by atoms with Crippen molar-refractivity contribution >= 4 is 17.6 Å². The molecule has 0 unspecified atom stereocenters. The predicted molar refractivity (Wildman–Crippen MR) is 117 cm³/mol. The fourth-order valence-corrected chi connectivity index (χ4v) is 3.40. The van der Waals surface area contributed by atoms with Crippen molar-refractivity contribution in [3.63, 3.8) is 0 Å². The molecule has 154 valence electrons. The number of hydrogen-bond acceptors (Lipinski definition) is 6. The number of carbonyl (C=O) groups excluding carboxylic acids is 1. The first-order valence-corrected chi connectivity index (χ1v) is 10.4. The molecule has 0 atom stereocenters. The summed E-state index contributed by atoms with van der Waals surface area (Å²) < 4.78 is 4.97. The highest BCUT2D eigenvalue weighted by atomic mass is 16.5. The zero-order valence-electron chi connectivity index (χ0n) is 17.4. The second kappa shape index (κ2) is 9.03. The van der Waals surface area contributed by atoms with Gasteiger partial charge in [-0.1, -0.05) is 12.1 Å². The zero-order valence-corrected chi connectivity index (χ0v) is 17.4. The van der Waals surface area contributed by atoms with Gasteiger partial charge in [0.05, 0.1) is 13.0 Å². The zero-order chi connectivity index (χ0) is 20.9. The summed E-state index contributed by atoms with van der Waals surface area (Å²) in [6.07, 6.45) is 7.02. The minimum absolute atomic E-state index is 0.189. The second-order valence-electron chi connectivity index (χ2n) is 7.64. The first-order valence-electron chi connectivity index (χ1n) is 10.4. The number of nitrogens with zero attached hydrogens (tertiary/aromatic N) is 3. The van der Waals surface area contributed by atoms with Crippen molar-refractivity contribution in [3.05, 3.63) is 65.7 Å². The van der Waals surface area contributed by atoms with Crippen molar-refractivity contribution in [2.24, 2.45) is 0 Å². The van der Waals surface area contributed by atoms with E-state index < -0.39 is 0 Å². The summed E-state index contributed by atoms with van der Waals surface area (Å²) >= 11 is 0. The Bertz CT molecular complexity index is 1030. The third kappa shape index (κ3) is 5.20. The molecule has 3 aromatic rings. The number of ether oxygens (including phenoxy) is 1. The Hall–Kier alpha value is -3.28. The van der Waals surface area contributed by atoms with Crippen molar-refractivity contribution in [1.29, 1.82) is 0 Å². The summed E-state index contributed by atoms with van der Waals surface area (Å²) in [5.74, 6) is 1.03. The van der Waals surface area contributed by atoms with Crippen LogP contribution in [0.1, 0.15) is 49.1 Å². The smallest absolute Gasteiger partial charge is 0.306 e. The molecule has 1 saturated carbocycles. The lowest BCUT2D eigenvalue weighted by Gasteiger charge is -2.10. The lowest BCUT2D eigenvalue weighted by Crippen LogP contribution is -2.05. The van der Waals surface area contributed by atoms with E-state index in [2.05, 4.69) is 45.4 Å². The van der Waals surface area contributed by atoms with Gasteiger partial charge in [0.2, 0.25) is 5.95 Å². The highest BCUT2D eigenvalue weighted by Gasteiger charge is 2.25. The molecule has 0 aliphatic heterocycles. The van der Waals surface area contributed by atoms with Gasteiger partial charge < -0.3 is 10.1 Å². The van der Waals surface area contributed by atoms with Crippen LogP contribution in [0.5, 0.6) is 0 Å². The molecule has 1 N–H and O–H groups in total. The largest absolute Gasteiger partial charge is 0.466 e. The number of esters is 1.